The van der Waals surface area contributed by atoms with E-state index in [1.54, 1.807) is 23.2 Å². The zero-order chi connectivity index (χ0) is 28.1. The highest BCUT2D eigenvalue weighted by Crippen LogP contribution is 2.43. The van der Waals surface area contributed by atoms with Crippen LogP contribution in [0.25, 0.3) is 0 Å². The highest BCUT2D eigenvalue weighted by Gasteiger charge is 2.46. The van der Waals surface area contributed by atoms with E-state index in [4.69, 9.17) is 9.72 Å². The van der Waals surface area contributed by atoms with Gasteiger partial charge in [0.15, 0.2) is 11.6 Å². The number of hydrogen-bond donors (Lipinski definition) is 2. The Bertz CT molecular complexity index is 1500. The molecule has 1 aromatic carbocycles. The molecule has 1 saturated heterocycles. The summed E-state index contributed by atoms with van der Waals surface area (Å²) in [5, 5.41) is 5.84. The van der Waals surface area contributed by atoms with Gasteiger partial charge in [-0.1, -0.05) is 12.1 Å². The summed E-state index contributed by atoms with van der Waals surface area (Å²) >= 11 is 0. The summed E-state index contributed by atoms with van der Waals surface area (Å²) in [7, 11) is 0. The van der Waals surface area contributed by atoms with Gasteiger partial charge in [-0.25, -0.2) is 28.3 Å². The van der Waals surface area contributed by atoms with Gasteiger partial charge in [0.25, 0.3) is 0 Å². The van der Waals surface area contributed by atoms with E-state index < -0.39 is 23.3 Å². The summed E-state index contributed by atoms with van der Waals surface area (Å²) in [6, 6.07) is 7.48. The summed E-state index contributed by atoms with van der Waals surface area (Å²) < 4.78 is 36.9. The molecular formula is C30H32F2N6O3. The summed E-state index contributed by atoms with van der Waals surface area (Å²) in [4.78, 5) is 36.6. The van der Waals surface area contributed by atoms with Crippen LogP contribution >= 0.6 is 0 Å². The maximum absolute atomic E-state index is 14.8. The lowest BCUT2D eigenvalue weighted by atomic mass is 9.83. The number of aromatic nitrogens is 3. The molecule has 1 aliphatic carbocycles. The van der Waals surface area contributed by atoms with Crippen LogP contribution in [0.3, 0.4) is 0 Å². The first-order valence-electron chi connectivity index (χ1n) is 14.4. The first-order valence-corrected chi connectivity index (χ1v) is 14.4. The number of nitrogens with zero attached hydrogens (tertiary/aromatic N) is 4. The molecule has 214 valence electrons. The molecule has 1 spiro atoms. The van der Waals surface area contributed by atoms with Crippen molar-refractivity contribution >= 4 is 17.9 Å². The molecule has 5 heterocycles. The van der Waals surface area contributed by atoms with Crippen LogP contribution in [0.1, 0.15) is 73.1 Å². The number of rotatable bonds is 4. The molecule has 9 nitrogen and oxygen atoms in total. The Labute approximate surface area is 236 Å². The lowest BCUT2D eigenvalue weighted by Crippen LogP contribution is -2.52. The number of amides is 3. The normalized spacial score (nSPS) is 23.2. The zero-order valence-corrected chi connectivity index (χ0v) is 22.6. The largest absolute Gasteiger partial charge is 0.437 e. The standard InChI is InChI=1S/C30H32F2N6O3/c31-23-5-1-3-21(25(23)32)19-8-9-24(27-34-16-20(38(27)17-19)15-18-6-7-18)35-28(39)37-13-10-30(11-14-37)22-4-2-12-33-26(22)36-29(40)41-30/h1-5,12,16,18-19,24H,6-11,13-15,17H2,(H,35,39)(H,33,36,40)/t19-,24-/m1/s1. The van der Waals surface area contributed by atoms with Gasteiger partial charge in [0.05, 0.1) is 6.04 Å². The van der Waals surface area contributed by atoms with E-state index in [0.29, 0.717) is 62.6 Å². The average molecular weight is 563 g/mol. The molecule has 0 radical (unpaired) electrons. The van der Waals surface area contributed by atoms with Gasteiger partial charge >= 0.3 is 12.1 Å². The molecule has 2 N–H and O–H groups in total. The first kappa shape index (κ1) is 25.9. The minimum atomic E-state index is -0.846. The summed E-state index contributed by atoms with van der Waals surface area (Å²) in [6.45, 7) is 1.29. The number of pyridine rings is 1. The molecule has 0 bridgehead atoms. The van der Waals surface area contributed by atoms with Crippen molar-refractivity contribution in [2.75, 3.05) is 18.4 Å². The third kappa shape index (κ3) is 4.81. The smallest absolute Gasteiger partial charge is 0.413 e. The number of urea groups is 1. The van der Waals surface area contributed by atoms with E-state index in [1.807, 2.05) is 18.3 Å². The molecule has 4 aliphatic rings. The Morgan fingerprint density at radius 2 is 1.93 bits per heavy atom. The van der Waals surface area contributed by atoms with Crippen molar-refractivity contribution in [3.05, 3.63) is 77.0 Å². The third-order valence-corrected chi connectivity index (χ3v) is 9.07. The van der Waals surface area contributed by atoms with Gasteiger partial charge in [0.1, 0.15) is 17.2 Å². The molecule has 2 fully saturated rings. The van der Waals surface area contributed by atoms with Gasteiger partial charge in [0, 0.05) is 62.0 Å². The molecule has 2 atom stereocenters. The molecular weight excluding hydrogens is 530 g/mol. The van der Waals surface area contributed by atoms with Crippen LogP contribution in [0, 0.1) is 17.6 Å². The van der Waals surface area contributed by atoms with E-state index >= 15 is 0 Å². The molecule has 7 rings (SSSR count). The van der Waals surface area contributed by atoms with Crippen molar-refractivity contribution in [3.8, 4) is 0 Å². The second-order valence-corrected chi connectivity index (χ2v) is 11.7. The molecule has 0 unspecified atom stereocenters. The zero-order valence-electron chi connectivity index (χ0n) is 22.6. The van der Waals surface area contributed by atoms with Crippen molar-refractivity contribution in [1.82, 2.24) is 24.8 Å². The fraction of sp³-hybridized carbons (Fsp3) is 0.467. The molecule has 1 saturated carbocycles. The maximum atomic E-state index is 14.8. The lowest BCUT2D eigenvalue weighted by molar-refractivity contribution is -0.0308. The number of ether oxygens (including phenoxy) is 1. The third-order valence-electron chi connectivity index (χ3n) is 9.07. The highest BCUT2D eigenvalue weighted by atomic mass is 19.2. The van der Waals surface area contributed by atoms with Crippen molar-refractivity contribution in [2.24, 2.45) is 5.92 Å². The van der Waals surface area contributed by atoms with Gasteiger partial charge in [-0.2, -0.15) is 0 Å². The quantitative estimate of drug-likeness (QED) is 0.444. The second kappa shape index (κ2) is 10.1. The number of carbonyl (C=O) groups is 2. The Hall–Kier alpha value is -4.02. The Balaban J connectivity index is 1.09. The monoisotopic (exact) mass is 562 g/mol. The van der Waals surface area contributed by atoms with Gasteiger partial charge in [-0.05, 0) is 61.8 Å². The van der Waals surface area contributed by atoms with Crippen LogP contribution in [0.4, 0.5) is 24.2 Å². The minimum Gasteiger partial charge on any atom is -0.437 e. The highest BCUT2D eigenvalue weighted by molar-refractivity contribution is 5.87. The number of piperidine rings is 1. The average Bonchev–Trinajstić information content (AvgIpc) is 3.73. The van der Waals surface area contributed by atoms with E-state index in [2.05, 4.69) is 20.2 Å². The van der Waals surface area contributed by atoms with Crippen molar-refractivity contribution in [2.45, 2.75) is 69.1 Å². The number of anilines is 1. The van der Waals surface area contributed by atoms with Crippen molar-refractivity contribution in [1.29, 1.82) is 0 Å². The number of likely N-dealkylation sites (tertiary alicyclic amines) is 1. The van der Waals surface area contributed by atoms with E-state index in [-0.39, 0.29) is 18.0 Å². The van der Waals surface area contributed by atoms with Crippen LogP contribution in [-0.2, 0) is 23.3 Å². The molecule has 11 heteroatoms. The number of benzene rings is 1. The van der Waals surface area contributed by atoms with Crippen molar-refractivity contribution < 1.29 is 23.1 Å². The van der Waals surface area contributed by atoms with Crippen LogP contribution in [0.2, 0.25) is 0 Å². The maximum Gasteiger partial charge on any atom is 0.413 e. The molecule has 2 aromatic heterocycles. The van der Waals surface area contributed by atoms with Crippen LogP contribution in [0.5, 0.6) is 0 Å². The number of carbonyl (C=O) groups excluding carboxylic acids is 2. The van der Waals surface area contributed by atoms with E-state index in [0.717, 1.165) is 29.6 Å². The van der Waals surface area contributed by atoms with Gasteiger partial charge in [-0.15, -0.1) is 0 Å². The van der Waals surface area contributed by atoms with Gasteiger partial charge < -0.3 is 19.5 Å². The Morgan fingerprint density at radius 1 is 1.10 bits per heavy atom. The van der Waals surface area contributed by atoms with E-state index in [9.17, 15) is 18.4 Å². The van der Waals surface area contributed by atoms with Crippen LogP contribution in [0.15, 0.2) is 42.7 Å². The van der Waals surface area contributed by atoms with E-state index in [1.165, 1.54) is 12.8 Å². The topological polar surface area (TPSA) is 101 Å². The number of nitrogens with one attached hydrogen (secondary N) is 2. The first-order chi connectivity index (χ1) is 19.9. The lowest BCUT2D eigenvalue weighted by Gasteiger charge is -2.43. The molecule has 3 aromatic rings. The number of halogens is 2. The fourth-order valence-electron chi connectivity index (χ4n) is 6.64. The second-order valence-electron chi connectivity index (χ2n) is 11.7. The summed E-state index contributed by atoms with van der Waals surface area (Å²) in [6.07, 6.45) is 8.26. The van der Waals surface area contributed by atoms with Gasteiger partial charge in [-0.3, -0.25) is 5.32 Å². The molecule has 3 amide bonds. The summed E-state index contributed by atoms with van der Waals surface area (Å²) in [5.41, 5.74) is 1.44. The van der Waals surface area contributed by atoms with Gasteiger partial charge in [0.2, 0.25) is 0 Å². The van der Waals surface area contributed by atoms with Crippen LogP contribution in [-0.4, -0.2) is 44.6 Å². The Morgan fingerprint density at radius 3 is 2.73 bits per heavy atom. The molecule has 41 heavy (non-hydrogen) atoms. The summed E-state index contributed by atoms with van der Waals surface area (Å²) in [5.74, 6) is -0.00476. The molecule has 3 aliphatic heterocycles. The fourth-order valence-corrected chi connectivity index (χ4v) is 6.64. The SMILES string of the molecule is O=C1Nc2ncccc2C2(CCN(C(=O)N[C@@H]3CC[C@@H](c4cccc(F)c4F)Cn4c(CC5CC5)cnc43)CC2)O1. The van der Waals surface area contributed by atoms with Crippen molar-refractivity contribution in [3.63, 3.8) is 0 Å². The Kier molecular flexibility index (Phi) is 6.39. The minimum absolute atomic E-state index is 0.217. The number of hydrogen-bond acceptors (Lipinski definition) is 5. The predicted molar refractivity (Wildman–Crippen MR) is 145 cm³/mol. The van der Waals surface area contributed by atoms with Crippen LogP contribution < -0.4 is 10.6 Å². The number of imidazole rings is 1. The number of fused-ring (bicyclic) bond motifs is 3. The predicted octanol–water partition coefficient (Wildman–Crippen LogP) is 5.39.